The molecule has 0 saturated heterocycles. The van der Waals surface area contributed by atoms with Crippen LogP contribution >= 0.6 is 0 Å². The Balaban J connectivity index is 2.80. The Hall–Kier alpha value is -2.17. The van der Waals surface area contributed by atoms with Crippen LogP contribution in [0.3, 0.4) is 0 Å². The van der Waals surface area contributed by atoms with Crippen LogP contribution in [0.15, 0.2) is 30.3 Å². The standard InChI is InChI=1S/C12H9F3N2/c13-8-7(6-4-2-1-3-5-6)11(16)10(15)12(17)9(8)14/h1-5H,16-17H2. The lowest BCUT2D eigenvalue weighted by molar-refractivity contribution is 0.504. The molecule has 0 unspecified atom stereocenters. The highest BCUT2D eigenvalue weighted by Gasteiger charge is 2.22. The molecule has 0 aliphatic carbocycles. The van der Waals surface area contributed by atoms with E-state index in [0.29, 0.717) is 5.56 Å². The van der Waals surface area contributed by atoms with E-state index in [9.17, 15) is 13.2 Å². The quantitative estimate of drug-likeness (QED) is 0.592. The fraction of sp³-hybridized carbons (Fsp3) is 0. The molecule has 0 aromatic heterocycles. The van der Waals surface area contributed by atoms with Crippen LogP contribution in [0.25, 0.3) is 11.1 Å². The number of anilines is 2. The summed E-state index contributed by atoms with van der Waals surface area (Å²) >= 11 is 0. The lowest BCUT2D eigenvalue weighted by Gasteiger charge is -2.11. The fourth-order valence-electron chi connectivity index (χ4n) is 1.58. The molecular weight excluding hydrogens is 229 g/mol. The van der Waals surface area contributed by atoms with E-state index < -0.39 is 28.8 Å². The molecule has 0 aliphatic heterocycles. The highest BCUT2D eigenvalue weighted by molar-refractivity contribution is 5.80. The molecule has 2 nitrogen and oxygen atoms in total. The van der Waals surface area contributed by atoms with Crippen molar-refractivity contribution >= 4 is 11.4 Å². The predicted octanol–water partition coefficient (Wildman–Crippen LogP) is 2.94. The van der Waals surface area contributed by atoms with Crippen molar-refractivity contribution in [3.8, 4) is 11.1 Å². The van der Waals surface area contributed by atoms with Crippen LogP contribution in [-0.4, -0.2) is 0 Å². The zero-order valence-electron chi connectivity index (χ0n) is 8.68. The number of hydrogen-bond donors (Lipinski definition) is 2. The predicted molar refractivity (Wildman–Crippen MR) is 60.6 cm³/mol. The third kappa shape index (κ3) is 1.69. The maximum atomic E-state index is 13.7. The Kier molecular flexibility index (Phi) is 2.67. The van der Waals surface area contributed by atoms with Gasteiger partial charge in [0.25, 0.3) is 0 Å². The first-order valence-corrected chi connectivity index (χ1v) is 4.80. The van der Waals surface area contributed by atoms with E-state index in [2.05, 4.69) is 0 Å². The van der Waals surface area contributed by atoms with E-state index in [4.69, 9.17) is 11.5 Å². The van der Waals surface area contributed by atoms with Crippen molar-refractivity contribution in [2.24, 2.45) is 0 Å². The van der Waals surface area contributed by atoms with Crippen LogP contribution in [0.1, 0.15) is 0 Å². The smallest absolute Gasteiger partial charge is 0.185 e. The molecule has 88 valence electrons. The van der Waals surface area contributed by atoms with Crippen LogP contribution in [0, 0.1) is 17.5 Å². The lowest BCUT2D eigenvalue weighted by atomic mass is 10.0. The summed E-state index contributed by atoms with van der Waals surface area (Å²) < 4.78 is 40.5. The minimum absolute atomic E-state index is 0.292. The number of nitrogens with two attached hydrogens (primary N) is 2. The van der Waals surface area contributed by atoms with Crippen LogP contribution in [0.2, 0.25) is 0 Å². The molecule has 0 atom stereocenters. The first kappa shape index (κ1) is 11.3. The number of rotatable bonds is 1. The molecule has 0 heterocycles. The third-order valence-electron chi connectivity index (χ3n) is 2.45. The molecule has 2 rings (SSSR count). The highest BCUT2D eigenvalue weighted by Crippen LogP contribution is 2.35. The zero-order valence-corrected chi connectivity index (χ0v) is 8.68. The summed E-state index contributed by atoms with van der Waals surface area (Å²) in [6.07, 6.45) is 0. The van der Waals surface area contributed by atoms with Crippen molar-refractivity contribution < 1.29 is 13.2 Å². The topological polar surface area (TPSA) is 52.0 Å². The van der Waals surface area contributed by atoms with Crippen LogP contribution in [0.4, 0.5) is 24.5 Å². The Labute approximate surface area is 95.7 Å². The van der Waals surface area contributed by atoms with E-state index in [0.717, 1.165) is 0 Å². The molecule has 5 heteroatoms. The van der Waals surface area contributed by atoms with Crippen molar-refractivity contribution in [1.82, 2.24) is 0 Å². The van der Waals surface area contributed by atoms with E-state index in [1.807, 2.05) is 0 Å². The number of halogens is 3. The lowest BCUT2D eigenvalue weighted by Crippen LogP contribution is -2.06. The van der Waals surface area contributed by atoms with Crippen LogP contribution in [0.5, 0.6) is 0 Å². The van der Waals surface area contributed by atoms with Crippen LogP contribution < -0.4 is 11.5 Å². The van der Waals surface area contributed by atoms with Gasteiger partial charge in [-0.15, -0.1) is 0 Å². The maximum absolute atomic E-state index is 13.7. The summed E-state index contributed by atoms with van der Waals surface area (Å²) in [5.41, 5.74) is 9.07. The first-order valence-electron chi connectivity index (χ1n) is 4.80. The molecular formula is C12H9F3N2. The summed E-state index contributed by atoms with van der Waals surface area (Å²) in [5.74, 6) is -3.80. The van der Waals surface area contributed by atoms with Crippen LogP contribution in [-0.2, 0) is 0 Å². The van der Waals surface area contributed by atoms with Gasteiger partial charge in [0.15, 0.2) is 17.5 Å². The SMILES string of the molecule is Nc1c(F)c(N)c(-c2ccccc2)c(F)c1F. The molecule has 0 fully saturated rings. The average Bonchev–Trinajstić information content (AvgIpc) is 2.36. The Morgan fingerprint density at radius 3 is 1.88 bits per heavy atom. The van der Waals surface area contributed by atoms with Gasteiger partial charge in [0.1, 0.15) is 5.69 Å². The number of benzene rings is 2. The minimum atomic E-state index is -1.42. The van der Waals surface area contributed by atoms with Gasteiger partial charge in [0.05, 0.1) is 5.69 Å². The summed E-state index contributed by atoms with van der Waals surface area (Å²) in [5, 5.41) is 0. The van der Waals surface area contributed by atoms with Gasteiger partial charge in [-0.05, 0) is 5.56 Å². The van der Waals surface area contributed by atoms with E-state index in [1.165, 1.54) is 12.1 Å². The zero-order chi connectivity index (χ0) is 12.6. The van der Waals surface area contributed by atoms with Gasteiger partial charge in [0.2, 0.25) is 0 Å². The van der Waals surface area contributed by atoms with Gasteiger partial charge < -0.3 is 11.5 Å². The Morgan fingerprint density at radius 1 is 0.706 bits per heavy atom. The van der Waals surface area contributed by atoms with Crippen molar-refractivity contribution in [3.05, 3.63) is 47.8 Å². The molecule has 0 saturated carbocycles. The summed E-state index contributed by atoms with van der Waals surface area (Å²) in [4.78, 5) is 0. The van der Waals surface area contributed by atoms with Gasteiger partial charge in [-0.3, -0.25) is 0 Å². The van der Waals surface area contributed by atoms with Crippen molar-refractivity contribution in [1.29, 1.82) is 0 Å². The summed E-state index contributed by atoms with van der Waals surface area (Å²) in [6.45, 7) is 0. The second-order valence-corrected chi connectivity index (χ2v) is 3.51. The maximum Gasteiger partial charge on any atom is 0.185 e. The fourth-order valence-corrected chi connectivity index (χ4v) is 1.58. The van der Waals surface area contributed by atoms with Gasteiger partial charge in [-0.2, -0.15) is 0 Å². The second-order valence-electron chi connectivity index (χ2n) is 3.51. The van der Waals surface area contributed by atoms with Gasteiger partial charge >= 0.3 is 0 Å². The van der Waals surface area contributed by atoms with Gasteiger partial charge in [0, 0.05) is 5.56 Å². The molecule has 4 N–H and O–H groups in total. The summed E-state index contributed by atoms with van der Waals surface area (Å²) in [6, 6.07) is 7.93. The molecule has 0 spiro atoms. The number of nitrogen functional groups attached to an aromatic ring is 2. The Bertz CT molecular complexity index is 539. The van der Waals surface area contributed by atoms with Crippen molar-refractivity contribution in [2.75, 3.05) is 11.5 Å². The second kappa shape index (κ2) is 4.01. The molecule has 17 heavy (non-hydrogen) atoms. The molecule has 0 bridgehead atoms. The molecule has 2 aromatic carbocycles. The monoisotopic (exact) mass is 238 g/mol. The van der Waals surface area contributed by atoms with E-state index in [1.54, 1.807) is 18.2 Å². The average molecular weight is 238 g/mol. The molecule has 0 aliphatic rings. The number of hydrogen-bond acceptors (Lipinski definition) is 2. The summed E-state index contributed by atoms with van der Waals surface area (Å²) in [7, 11) is 0. The first-order chi connectivity index (χ1) is 8.04. The third-order valence-corrected chi connectivity index (χ3v) is 2.45. The normalized spacial score (nSPS) is 10.5. The van der Waals surface area contributed by atoms with Crippen molar-refractivity contribution in [2.45, 2.75) is 0 Å². The van der Waals surface area contributed by atoms with E-state index in [-0.39, 0.29) is 5.56 Å². The van der Waals surface area contributed by atoms with Gasteiger partial charge in [-0.1, -0.05) is 30.3 Å². The molecule has 0 radical (unpaired) electrons. The minimum Gasteiger partial charge on any atom is -0.396 e. The Morgan fingerprint density at radius 2 is 1.29 bits per heavy atom. The van der Waals surface area contributed by atoms with Crippen molar-refractivity contribution in [3.63, 3.8) is 0 Å². The van der Waals surface area contributed by atoms with E-state index >= 15 is 0 Å². The largest absolute Gasteiger partial charge is 0.396 e. The highest BCUT2D eigenvalue weighted by atomic mass is 19.2. The molecule has 2 aromatic rings. The van der Waals surface area contributed by atoms with Gasteiger partial charge in [-0.25, -0.2) is 13.2 Å². The molecule has 0 amide bonds.